The Morgan fingerprint density at radius 1 is 0.897 bits per heavy atom. The quantitative estimate of drug-likeness (QED) is 0.400. The molecule has 2 rings (SSSR count). The van der Waals surface area contributed by atoms with Crippen LogP contribution in [0, 0.1) is 0 Å². The van der Waals surface area contributed by atoms with E-state index in [2.05, 4.69) is 4.98 Å². The molecule has 2 aromatic rings. The fourth-order valence-electron chi connectivity index (χ4n) is 2.47. The molecule has 0 aliphatic rings. The minimum Gasteiger partial charge on any atom is -0.491 e. The first-order valence-corrected chi connectivity index (χ1v) is 9.25. The third-order valence-electron chi connectivity index (χ3n) is 3.92. The lowest BCUT2D eigenvalue weighted by atomic mass is 10.0. The van der Waals surface area contributed by atoms with Gasteiger partial charge in [0.15, 0.2) is 0 Å². The molecule has 1 aromatic carbocycles. The molecule has 0 fully saturated rings. The molecule has 1 heterocycles. The minimum absolute atomic E-state index is 0.151. The van der Waals surface area contributed by atoms with Crippen LogP contribution in [-0.4, -0.2) is 69.9 Å². The van der Waals surface area contributed by atoms with Crippen molar-refractivity contribution in [3.05, 3.63) is 47.8 Å². The predicted octanol–water partition coefficient (Wildman–Crippen LogP) is 2.09. The molecule has 0 saturated carbocycles. The number of carbonyl (C=O) groups excluding carboxylic acids is 1. The van der Waals surface area contributed by atoms with Gasteiger partial charge in [-0.15, -0.1) is 0 Å². The molecule has 8 nitrogen and oxygen atoms in total. The molecule has 0 aliphatic carbocycles. The summed E-state index contributed by atoms with van der Waals surface area (Å²) in [4.78, 5) is 15.8. The fourth-order valence-corrected chi connectivity index (χ4v) is 2.47. The highest BCUT2D eigenvalue weighted by Crippen LogP contribution is 2.24. The number of aromatic nitrogens is 1. The van der Waals surface area contributed by atoms with Crippen LogP contribution in [0.2, 0.25) is 0 Å². The van der Waals surface area contributed by atoms with Crippen molar-refractivity contribution in [2.45, 2.75) is 6.61 Å². The van der Waals surface area contributed by atoms with Gasteiger partial charge in [-0.2, -0.15) is 0 Å². The van der Waals surface area contributed by atoms with E-state index in [1.165, 1.54) is 7.11 Å². The van der Waals surface area contributed by atoms with Crippen LogP contribution in [0.15, 0.2) is 36.4 Å². The Labute approximate surface area is 170 Å². The summed E-state index contributed by atoms with van der Waals surface area (Å²) in [7, 11) is 2.92. The molecule has 0 bridgehead atoms. The van der Waals surface area contributed by atoms with Gasteiger partial charge in [-0.1, -0.05) is 12.1 Å². The number of aliphatic hydroxyl groups is 1. The molecule has 8 heteroatoms. The normalized spacial score (nSPS) is 10.7. The minimum atomic E-state index is -0.550. The van der Waals surface area contributed by atoms with Crippen molar-refractivity contribution >= 4 is 5.97 Å². The first-order chi connectivity index (χ1) is 14.2. The molecule has 0 radical (unpaired) electrons. The van der Waals surface area contributed by atoms with E-state index < -0.39 is 5.97 Å². The van der Waals surface area contributed by atoms with E-state index in [9.17, 15) is 9.90 Å². The SMILES string of the molecule is COCCOCCOCCOc1ccc(-c2cc(CO)nc(C(=O)OC)c2)cc1. The van der Waals surface area contributed by atoms with Gasteiger partial charge in [0.2, 0.25) is 0 Å². The first kappa shape index (κ1) is 22.8. The molecule has 29 heavy (non-hydrogen) atoms. The lowest BCUT2D eigenvalue weighted by molar-refractivity contribution is 0.0180. The van der Waals surface area contributed by atoms with E-state index in [4.69, 9.17) is 23.7 Å². The van der Waals surface area contributed by atoms with Crippen LogP contribution < -0.4 is 4.74 Å². The van der Waals surface area contributed by atoms with E-state index in [0.717, 1.165) is 11.1 Å². The third kappa shape index (κ3) is 7.78. The smallest absolute Gasteiger partial charge is 0.356 e. The van der Waals surface area contributed by atoms with Gasteiger partial charge in [0.25, 0.3) is 0 Å². The van der Waals surface area contributed by atoms with Crippen LogP contribution in [0.25, 0.3) is 11.1 Å². The Bertz CT molecular complexity index is 749. The van der Waals surface area contributed by atoms with Crippen molar-refractivity contribution in [3.8, 4) is 16.9 Å². The fraction of sp³-hybridized carbons (Fsp3) is 0.429. The summed E-state index contributed by atoms with van der Waals surface area (Å²) in [5.41, 5.74) is 2.17. The van der Waals surface area contributed by atoms with E-state index in [1.807, 2.05) is 24.3 Å². The van der Waals surface area contributed by atoms with Gasteiger partial charge in [0, 0.05) is 7.11 Å². The van der Waals surface area contributed by atoms with Crippen molar-refractivity contribution < 1.29 is 33.6 Å². The van der Waals surface area contributed by atoms with Gasteiger partial charge in [-0.05, 0) is 35.4 Å². The number of esters is 1. The molecule has 0 unspecified atom stereocenters. The molecule has 0 atom stereocenters. The second kappa shape index (κ2) is 12.8. The van der Waals surface area contributed by atoms with Gasteiger partial charge in [-0.25, -0.2) is 9.78 Å². The molecule has 0 spiro atoms. The molecule has 0 amide bonds. The molecule has 0 aliphatic heterocycles. The van der Waals surface area contributed by atoms with Crippen molar-refractivity contribution in [2.24, 2.45) is 0 Å². The maximum atomic E-state index is 11.8. The zero-order valence-corrected chi connectivity index (χ0v) is 16.8. The van der Waals surface area contributed by atoms with E-state index >= 15 is 0 Å². The van der Waals surface area contributed by atoms with Crippen molar-refractivity contribution in [1.29, 1.82) is 0 Å². The summed E-state index contributed by atoms with van der Waals surface area (Å²) in [6, 6.07) is 10.8. The van der Waals surface area contributed by atoms with Crippen molar-refractivity contribution in [1.82, 2.24) is 4.98 Å². The van der Waals surface area contributed by atoms with Crippen LogP contribution in [0.3, 0.4) is 0 Å². The Hall–Kier alpha value is -2.52. The Balaban J connectivity index is 1.83. The number of methoxy groups -OCH3 is 2. The average molecular weight is 405 g/mol. The standard InChI is InChI=1S/C21H27NO7/c1-25-7-8-27-9-10-28-11-12-29-19-5-3-16(4-6-19)17-13-18(15-23)22-20(14-17)21(24)26-2/h3-6,13-14,23H,7-12,15H2,1-2H3. The average Bonchev–Trinajstić information content (AvgIpc) is 2.77. The highest BCUT2D eigenvalue weighted by molar-refractivity contribution is 5.89. The number of pyridine rings is 1. The number of rotatable bonds is 13. The van der Waals surface area contributed by atoms with Crippen molar-refractivity contribution in [2.75, 3.05) is 53.9 Å². The first-order valence-electron chi connectivity index (χ1n) is 9.25. The Kier molecular flexibility index (Phi) is 10.1. The van der Waals surface area contributed by atoms with Gasteiger partial charge < -0.3 is 28.8 Å². The Morgan fingerprint density at radius 3 is 2.17 bits per heavy atom. The highest BCUT2D eigenvalue weighted by Gasteiger charge is 2.11. The molecule has 1 N–H and O–H groups in total. The van der Waals surface area contributed by atoms with Gasteiger partial charge in [0.05, 0.1) is 52.4 Å². The van der Waals surface area contributed by atoms with Crippen LogP contribution in [0.1, 0.15) is 16.2 Å². The number of ether oxygens (including phenoxy) is 5. The zero-order valence-electron chi connectivity index (χ0n) is 16.8. The third-order valence-corrected chi connectivity index (χ3v) is 3.92. The lowest BCUT2D eigenvalue weighted by Crippen LogP contribution is -2.12. The number of nitrogens with zero attached hydrogens (tertiary/aromatic N) is 1. The van der Waals surface area contributed by atoms with Crippen LogP contribution in [-0.2, 0) is 25.6 Å². The summed E-state index contributed by atoms with van der Waals surface area (Å²) < 4.78 is 26.0. The van der Waals surface area contributed by atoms with Crippen LogP contribution >= 0.6 is 0 Å². The second-order valence-corrected chi connectivity index (χ2v) is 5.97. The van der Waals surface area contributed by atoms with Gasteiger partial charge >= 0.3 is 5.97 Å². The molecule has 158 valence electrons. The number of aliphatic hydroxyl groups excluding tert-OH is 1. The topological polar surface area (TPSA) is 96.3 Å². The van der Waals surface area contributed by atoms with E-state index in [-0.39, 0.29) is 12.3 Å². The van der Waals surface area contributed by atoms with Crippen LogP contribution in [0.4, 0.5) is 0 Å². The maximum Gasteiger partial charge on any atom is 0.356 e. The summed E-state index contributed by atoms with van der Waals surface area (Å²) >= 11 is 0. The number of carbonyl (C=O) groups is 1. The number of hydrogen-bond donors (Lipinski definition) is 1. The van der Waals surface area contributed by atoms with Crippen molar-refractivity contribution in [3.63, 3.8) is 0 Å². The van der Waals surface area contributed by atoms with E-state index in [1.54, 1.807) is 19.2 Å². The molecular weight excluding hydrogens is 378 g/mol. The highest BCUT2D eigenvalue weighted by atomic mass is 16.6. The van der Waals surface area contributed by atoms with Gasteiger partial charge in [0.1, 0.15) is 18.1 Å². The molecular formula is C21H27NO7. The Morgan fingerprint density at radius 2 is 1.55 bits per heavy atom. The number of benzene rings is 1. The predicted molar refractivity (Wildman–Crippen MR) is 106 cm³/mol. The zero-order chi connectivity index (χ0) is 20.9. The lowest BCUT2D eigenvalue weighted by Gasteiger charge is -2.10. The van der Waals surface area contributed by atoms with E-state index in [0.29, 0.717) is 51.1 Å². The summed E-state index contributed by atoms with van der Waals surface area (Å²) in [6.45, 7) is 2.77. The summed E-state index contributed by atoms with van der Waals surface area (Å²) in [5, 5.41) is 9.38. The summed E-state index contributed by atoms with van der Waals surface area (Å²) in [5.74, 6) is 0.156. The molecule has 0 saturated heterocycles. The number of hydrogen-bond acceptors (Lipinski definition) is 8. The summed E-state index contributed by atoms with van der Waals surface area (Å²) in [6.07, 6.45) is 0. The second-order valence-electron chi connectivity index (χ2n) is 5.97. The van der Waals surface area contributed by atoms with Gasteiger partial charge in [-0.3, -0.25) is 0 Å². The largest absolute Gasteiger partial charge is 0.491 e. The molecule has 1 aromatic heterocycles. The van der Waals surface area contributed by atoms with Crippen LogP contribution in [0.5, 0.6) is 5.75 Å². The maximum absolute atomic E-state index is 11.8. The monoisotopic (exact) mass is 405 g/mol.